The van der Waals surface area contributed by atoms with Gasteiger partial charge in [0, 0.05) is 11.8 Å². The van der Waals surface area contributed by atoms with E-state index in [2.05, 4.69) is 14.9 Å². The molecule has 2 aromatic heterocycles. The molecule has 1 fully saturated rings. The standard InChI is InChI=1S/C19H20FN5OS2/c1-25(26)11-9-24(10-12-25)19-23-16(13-3-5-14(20)6-4-13)17(28-19)15-7-8-21-18(22-15)27-2/h3-8H,9-12H2,1-2H3. The highest BCUT2D eigenvalue weighted by molar-refractivity contribution is 7.98. The molecule has 1 aliphatic heterocycles. The zero-order valence-electron chi connectivity index (χ0n) is 15.6. The van der Waals surface area contributed by atoms with Crippen LogP contribution in [0.15, 0.2) is 41.7 Å². The normalized spacial score (nSPS) is 16.4. The molecule has 146 valence electrons. The number of nitrogens with zero attached hydrogens (tertiary/aromatic N) is 5. The second kappa shape index (κ2) is 7.75. The number of rotatable bonds is 4. The van der Waals surface area contributed by atoms with E-state index in [0.717, 1.165) is 27.0 Å². The van der Waals surface area contributed by atoms with Gasteiger partial charge in [-0.05, 0) is 36.6 Å². The van der Waals surface area contributed by atoms with E-state index in [0.29, 0.717) is 31.3 Å². The van der Waals surface area contributed by atoms with Crippen molar-refractivity contribution in [3.05, 3.63) is 47.6 Å². The lowest BCUT2D eigenvalue weighted by molar-refractivity contribution is -0.861. The van der Waals surface area contributed by atoms with Crippen LogP contribution in [0, 0.1) is 11.0 Å². The molecule has 0 radical (unpaired) electrons. The Morgan fingerprint density at radius 3 is 2.54 bits per heavy atom. The van der Waals surface area contributed by atoms with Crippen molar-refractivity contribution >= 4 is 28.2 Å². The van der Waals surface area contributed by atoms with Gasteiger partial charge in [-0.2, -0.15) is 0 Å². The van der Waals surface area contributed by atoms with Crippen molar-refractivity contribution in [2.45, 2.75) is 5.16 Å². The zero-order chi connectivity index (χ0) is 19.7. The first-order valence-corrected chi connectivity index (χ1v) is 10.9. The van der Waals surface area contributed by atoms with Crippen LogP contribution in [-0.4, -0.2) is 59.1 Å². The van der Waals surface area contributed by atoms with Gasteiger partial charge in [0.05, 0.1) is 49.5 Å². The van der Waals surface area contributed by atoms with Crippen LogP contribution in [0.3, 0.4) is 0 Å². The number of piperazine rings is 1. The fourth-order valence-electron chi connectivity index (χ4n) is 3.07. The van der Waals surface area contributed by atoms with Gasteiger partial charge < -0.3 is 14.8 Å². The fourth-order valence-corrected chi connectivity index (χ4v) is 4.53. The van der Waals surface area contributed by atoms with Crippen LogP contribution < -0.4 is 4.90 Å². The van der Waals surface area contributed by atoms with Gasteiger partial charge in [-0.15, -0.1) is 0 Å². The lowest BCUT2D eigenvalue weighted by Crippen LogP contribution is -2.53. The highest BCUT2D eigenvalue weighted by Gasteiger charge is 2.26. The summed E-state index contributed by atoms with van der Waals surface area (Å²) in [6, 6.07) is 8.21. The third kappa shape index (κ3) is 4.02. The van der Waals surface area contributed by atoms with Gasteiger partial charge in [-0.1, -0.05) is 23.1 Å². The first-order valence-electron chi connectivity index (χ1n) is 8.90. The van der Waals surface area contributed by atoms with Crippen molar-refractivity contribution in [2.75, 3.05) is 44.4 Å². The number of aromatic nitrogens is 3. The minimum Gasteiger partial charge on any atom is -0.633 e. The largest absolute Gasteiger partial charge is 0.633 e. The quantitative estimate of drug-likeness (QED) is 0.278. The molecule has 0 spiro atoms. The van der Waals surface area contributed by atoms with E-state index in [4.69, 9.17) is 4.98 Å². The molecule has 0 N–H and O–H groups in total. The van der Waals surface area contributed by atoms with Crippen LogP contribution in [0.25, 0.3) is 21.8 Å². The van der Waals surface area contributed by atoms with E-state index in [-0.39, 0.29) is 10.5 Å². The van der Waals surface area contributed by atoms with Crippen LogP contribution in [0.5, 0.6) is 0 Å². The molecule has 0 atom stereocenters. The van der Waals surface area contributed by atoms with E-state index in [1.807, 2.05) is 12.3 Å². The van der Waals surface area contributed by atoms with Crippen molar-refractivity contribution < 1.29 is 9.04 Å². The van der Waals surface area contributed by atoms with Crippen molar-refractivity contribution in [3.8, 4) is 21.8 Å². The summed E-state index contributed by atoms with van der Waals surface area (Å²) < 4.78 is 13.2. The Balaban J connectivity index is 1.76. The average molecular weight is 418 g/mol. The molecule has 4 rings (SSSR count). The fraction of sp³-hybridized carbons (Fsp3) is 0.316. The summed E-state index contributed by atoms with van der Waals surface area (Å²) in [6.07, 6.45) is 3.67. The summed E-state index contributed by atoms with van der Waals surface area (Å²) >= 11 is 3.03. The second-order valence-corrected chi connectivity index (χ2v) is 8.59. The monoisotopic (exact) mass is 417 g/mol. The summed E-state index contributed by atoms with van der Waals surface area (Å²) in [6.45, 7) is 2.39. The second-order valence-electron chi connectivity index (χ2n) is 6.84. The Kier molecular flexibility index (Phi) is 5.33. The van der Waals surface area contributed by atoms with Crippen LogP contribution in [0.2, 0.25) is 0 Å². The van der Waals surface area contributed by atoms with Gasteiger partial charge in [-0.3, -0.25) is 0 Å². The molecule has 6 nitrogen and oxygen atoms in total. The van der Waals surface area contributed by atoms with E-state index < -0.39 is 0 Å². The third-order valence-corrected chi connectivity index (χ3v) is 6.44. The topological polar surface area (TPSA) is 65.0 Å². The lowest BCUT2D eigenvalue weighted by atomic mass is 10.1. The van der Waals surface area contributed by atoms with Gasteiger partial charge in [0.15, 0.2) is 10.3 Å². The van der Waals surface area contributed by atoms with Crippen LogP contribution in [-0.2, 0) is 0 Å². The third-order valence-electron chi connectivity index (χ3n) is 4.74. The number of quaternary nitrogens is 1. The van der Waals surface area contributed by atoms with Crippen LogP contribution in [0.1, 0.15) is 0 Å². The molecule has 1 aromatic carbocycles. The molecular formula is C19H20FN5OS2. The summed E-state index contributed by atoms with van der Waals surface area (Å²) in [5, 5.41) is 13.7. The number of anilines is 1. The lowest BCUT2D eigenvalue weighted by Gasteiger charge is -2.45. The smallest absolute Gasteiger partial charge is 0.187 e. The number of halogens is 1. The summed E-state index contributed by atoms with van der Waals surface area (Å²) in [5.41, 5.74) is 2.41. The summed E-state index contributed by atoms with van der Waals surface area (Å²) in [5.74, 6) is -0.281. The first-order chi connectivity index (χ1) is 13.4. The minimum atomic E-state index is -0.281. The maximum Gasteiger partial charge on any atom is 0.187 e. The number of thiazole rings is 1. The van der Waals surface area contributed by atoms with E-state index >= 15 is 0 Å². The first kappa shape index (κ1) is 19.3. The van der Waals surface area contributed by atoms with E-state index in [1.54, 1.807) is 36.7 Å². The van der Waals surface area contributed by atoms with Gasteiger partial charge >= 0.3 is 0 Å². The van der Waals surface area contributed by atoms with Gasteiger partial charge in [0.2, 0.25) is 0 Å². The van der Waals surface area contributed by atoms with Crippen molar-refractivity contribution in [1.29, 1.82) is 0 Å². The number of benzene rings is 1. The zero-order valence-corrected chi connectivity index (χ0v) is 17.3. The predicted octanol–water partition coefficient (Wildman–Crippen LogP) is 3.89. The van der Waals surface area contributed by atoms with E-state index in [9.17, 15) is 9.60 Å². The highest BCUT2D eigenvalue weighted by Crippen LogP contribution is 2.40. The van der Waals surface area contributed by atoms with E-state index in [1.165, 1.54) is 23.9 Å². The SMILES string of the molecule is CSc1nccc(-c2sc(N3CC[N+](C)([O-])CC3)nc2-c2ccc(F)cc2)n1. The van der Waals surface area contributed by atoms with Crippen LogP contribution >= 0.6 is 23.1 Å². The maximum atomic E-state index is 13.4. The number of thioether (sulfide) groups is 1. The van der Waals surface area contributed by atoms with Crippen LogP contribution in [0.4, 0.5) is 9.52 Å². The Hall–Kier alpha value is -2.07. The maximum absolute atomic E-state index is 13.4. The Morgan fingerprint density at radius 1 is 1.14 bits per heavy atom. The summed E-state index contributed by atoms with van der Waals surface area (Å²) in [4.78, 5) is 16.8. The van der Waals surface area contributed by atoms with Gasteiger partial charge in [0.25, 0.3) is 0 Å². The van der Waals surface area contributed by atoms with Gasteiger partial charge in [0.1, 0.15) is 5.82 Å². The average Bonchev–Trinajstić information content (AvgIpc) is 3.14. The molecule has 1 aliphatic rings. The minimum absolute atomic E-state index is 0.220. The Bertz CT molecular complexity index is 967. The molecule has 0 amide bonds. The molecule has 3 heterocycles. The Labute approximate surface area is 171 Å². The molecule has 0 unspecified atom stereocenters. The molecule has 28 heavy (non-hydrogen) atoms. The molecule has 0 saturated carbocycles. The predicted molar refractivity (Wildman–Crippen MR) is 112 cm³/mol. The number of likely N-dealkylation sites (N-methyl/N-ethyl adjacent to an activating group) is 1. The van der Waals surface area contributed by atoms with Gasteiger partial charge in [-0.25, -0.2) is 19.3 Å². The molecule has 0 bridgehead atoms. The highest BCUT2D eigenvalue weighted by atomic mass is 32.2. The van der Waals surface area contributed by atoms with Crippen molar-refractivity contribution in [1.82, 2.24) is 15.0 Å². The number of hydrogen-bond donors (Lipinski definition) is 0. The molecule has 9 heteroatoms. The van der Waals surface area contributed by atoms with Crippen molar-refractivity contribution in [2.24, 2.45) is 0 Å². The van der Waals surface area contributed by atoms with Crippen molar-refractivity contribution in [3.63, 3.8) is 0 Å². The Morgan fingerprint density at radius 2 is 1.86 bits per heavy atom. The molecule has 0 aliphatic carbocycles. The number of hydrogen-bond acceptors (Lipinski definition) is 7. The number of hydroxylamine groups is 3. The molecule has 1 saturated heterocycles. The molecular weight excluding hydrogens is 397 g/mol. The molecule has 3 aromatic rings. The summed E-state index contributed by atoms with van der Waals surface area (Å²) in [7, 11) is 1.71.